The standard InChI is InChI=1S/C18H16N4O3S/c23-16(20-11-13-10-17(24)22-18(26)21-13)9-12-3-1-2-4-15(12)25-14-5-7-19-8-6-14/h1-8,10H,9,11H2,(H,20,23)(H2,21,22,24,26). The molecule has 0 saturated carbocycles. The lowest BCUT2D eigenvalue weighted by atomic mass is 10.1. The van der Waals surface area contributed by atoms with Gasteiger partial charge in [0.25, 0.3) is 5.56 Å². The lowest BCUT2D eigenvalue weighted by Gasteiger charge is -2.11. The molecule has 1 amide bonds. The maximum absolute atomic E-state index is 12.3. The van der Waals surface area contributed by atoms with E-state index < -0.39 is 0 Å². The Kier molecular flexibility index (Phi) is 5.55. The molecule has 26 heavy (non-hydrogen) atoms. The first-order chi connectivity index (χ1) is 12.6. The van der Waals surface area contributed by atoms with Crippen molar-refractivity contribution in [3.8, 4) is 11.5 Å². The van der Waals surface area contributed by atoms with E-state index in [4.69, 9.17) is 17.0 Å². The van der Waals surface area contributed by atoms with Crippen LogP contribution in [0.1, 0.15) is 11.3 Å². The molecule has 0 atom stereocenters. The van der Waals surface area contributed by atoms with Gasteiger partial charge in [-0.2, -0.15) is 0 Å². The number of ether oxygens (including phenoxy) is 1. The zero-order valence-corrected chi connectivity index (χ0v) is 14.5. The Morgan fingerprint density at radius 2 is 1.92 bits per heavy atom. The van der Waals surface area contributed by atoms with Crippen molar-refractivity contribution in [3.05, 3.63) is 81.2 Å². The van der Waals surface area contributed by atoms with Crippen LogP contribution in [0, 0.1) is 4.77 Å². The Morgan fingerprint density at radius 3 is 2.69 bits per heavy atom. The molecule has 2 heterocycles. The first-order valence-corrected chi connectivity index (χ1v) is 8.26. The monoisotopic (exact) mass is 368 g/mol. The lowest BCUT2D eigenvalue weighted by Crippen LogP contribution is -2.26. The van der Waals surface area contributed by atoms with E-state index in [9.17, 15) is 9.59 Å². The molecular formula is C18H16N4O3S. The number of hydrogen-bond acceptors (Lipinski definition) is 5. The molecule has 3 rings (SSSR count). The average molecular weight is 368 g/mol. The van der Waals surface area contributed by atoms with Crippen molar-refractivity contribution in [2.45, 2.75) is 13.0 Å². The minimum absolute atomic E-state index is 0.144. The van der Waals surface area contributed by atoms with Gasteiger partial charge in [-0.25, -0.2) is 0 Å². The van der Waals surface area contributed by atoms with Gasteiger partial charge in [-0.3, -0.25) is 19.6 Å². The first-order valence-electron chi connectivity index (χ1n) is 7.85. The summed E-state index contributed by atoms with van der Waals surface area (Å²) >= 11 is 4.91. The van der Waals surface area contributed by atoms with E-state index in [0.717, 1.165) is 5.56 Å². The number of nitrogens with zero attached hydrogens (tertiary/aromatic N) is 1. The summed E-state index contributed by atoms with van der Waals surface area (Å²) in [6.45, 7) is 0.180. The van der Waals surface area contributed by atoms with Crippen LogP contribution in [0.3, 0.4) is 0 Å². The van der Waals surface area contributed by atoms with Crippen molar-refractivity contribution in [3.63, 3.8) is 0 Å². The number of amides is 1. The number of para-hydroxylation sites is 1. The van der Waals surface area contributed by atoms with Gasteiger partial charge in [0.05, 0.1) is 13.0 Å². The van der Waals surface area contributed by atoms with Gasteiger partial charge < -0.3 is 15.0 Å². The van der Waals surface area contributed by atoms with Crippen LogP contribution in [0.5, 0.6) is 11.5 Å². The predicted molar refractivity (Wildman–Crippen MR) is 98.6 cm³/mol. The minimum Gasteiger partial charge on any atom is -0.457 e. The van der Waals surface area contributed by atoms with Gasteiger partial charge in [0.15, 0.2) is 4.77 Å². The van der Waals surface area contributed by atoms with Crippen LogP contribution >= 0.6 is 12.2 Å². The average Bonchev–Trinajstić information content (AvgIpc) is 2.62. The molecular weight excluding hydrogens is 352 g/mol. The molecule has 0 bridgehead atoms. The molecule has 7 nitrogen and oxygen atoms in total. The van der Waals surface area contributed by atoms with Crippen LogP contribution in [0.4, 0.5) is 0 Å². The smallest absolute Gasteiger partial charge is 0.251 e. The van der Waals surface area contributed by atoms with Crippen LogP contribution in [-0.2, 0) is 17.8 Å². The molecule has 0 aliphatic carbocycles. The van der Waals surface area contributed by atoms with E-state index in [2.05, 4.69) is 20.3 Å². The van der Waals surface area contributed by atoms with Crippen LogP contribution < -0.4 is 15.6 Å². The predicted octanol–water partition coefficient (Wildman–Crippen LogP) is 2.48. The number of H-pyrrole nitrogens is 2. The molecule has 0 fully saturated rings. The molecule has 0 aliphatic rings. The third kappa shape index (κ3) is 4.87. The summed E-state index contributed by atoms with van der Waals surface area (Å²) < 4.78 is 6.04. The Hall–Kier alpha value is -3.26. The van der Waals surface area contributed by atoms with Gasteiger partial charge in [-0.15, -0.1) is 0 Å². The fourth-order valence-electron chi connectivity index (χ4n) is 2.33. The van der Waals surface area contributed by atoms with E-state index in [1.165, 1.54) is 6.07 Å². The summed E-state index contributed by atoms with van der Waals surface area (Å²) in [7, 11) is 0. The normalized spacial score (nSPS) is 10.3. The Morgan fingerprint density at radius 1 is 1.15 bits per heavy atom. The number of aromatic amines is 2. The SMILES string of the molecule is O=C(Cc1ccccc1Oc1ccncc1)NCc1cc(=O)[nH]c(=S)[nH]1. The first kappa shape index (κ1) is 17.6. The quantitative estimate of drug-likeness (QED) is 0.581. The number of aromatic nitrogens is 3. The summed E-state index contributed by atoms with van der Waals surface area (Å²) in [6.07, 6.45) is 3.41. The fraction of sp³-hybridized carbons (Fsp3) is 0.111. The summed E-state index contributed by atoms with van der Waals surface area (Å²) in [5, 5.41) is 2.76. The van der Waals surface area contributed by atoms with E-state index >= 15 is 0 Å². The Bertz CT molecular complexity index is 986. The fourth-order valence-corrected chi connectivity index (χ4v) is 2.56. The van der Waals surface area contributed by atoms with Gasteiger partial charge in [0.1, 0.15) is 11.5 Å². The van der Waals surface area contributed by atoms with E-state index in [1.54, 1.807) is 30.6 Å². The zero-order valence-electron chi connectivity index (χ0n) is 13.7. The summed E-state index contributed by atoms with van der Waals surface area (Å²) in [4.78, 5) is 32.9. The highest BCUT2D eigenvalue weighted by atomic mass is 32.1. The number of nitrogens with one attached hydrogen (secondary N) is 3. The van der Waals surface area contributed by atoms with Gasteiger partial charge in [-0.05, 0) is 30.4 Å². The lowest BCUT2D eigenvalue weighted by molar-refractivity contribution is -0.120. The maximum Gasteiger partial charge on any atom is 0.251 e. The Labute approximate surface area is 154 Å². The largest absolute Gasteiger partial charge is 0.457 e. The van der Waals surface area contributed by atoms with E-state index in [-0.39, 0.29) is 29.2 Å². The second-order valence-corrected chi connectivity index (χ2v) is 5.87. The Balaban J connectivity index is 1.66. The van der Waals surface area contributed by atoms with Gasteiger partial charge in [-0.1, -0.05) is 18.2 Å². The molecule has 0 aliphatic heterocycles. The number of carbonyl (C=O) groups excluding carboxylic acids is 1. The number of carbonyl (C=O) groups is 1. The summed E-state index contributed by atoms with van der Waals surface area (Å²) in [5.41, 5.74) is 0.975. The van der Waals surface area contributed by atoms with E-state index in [0.29, 0.717) is 17.2 Å². The molecule has 0 spiro atoms. The van der Waals surface area contributed by atoms with Crippen molar-refractivity contribution in [2.75, 3.05) is 0 Å². The number of hydrogen-bond donors (Lipinski definition) is 3. The molecule has 3 N–H and O–H groups in total. The second kappa shape index (κ2) is 8.21. The highest BCUT2D eigenvalue weighted by molar-refractivity contribution is 7.71. The molecule has 3 aromatic rings. The van der Waals surface area contributed by atoms with E-state index in [1.807, 2.05) is 18.2 Å². The van der Waals surface area contributed by atoms with Gasteiger partial charge in [0, 0.05) is 29.7 Å². The van der Waals surface area contributed by atoms with Crippen LogP contribution in [0.2, 0.25) is 0 Å². The number of benzene rings is 1. The van der Waals surface area contributed by atoms with Crippen LogP contribution in [0.25, 0.3) is 0 Å². The highest BCUT2D eigenvalue weighted by Crippen LogP contribution is 2.25. The van der Waals surface area contributed by atoms with Crippen LogP contribution in [-0.4, -0.2) is 20.9 Å². The molecule has 1 aromatic carbocycles. The van der Waals surface area contributed by atoms with Crippen molar-refractivity contribution in [1.82, 2.24) is 20.3 Å². The van der Waals surface area contributed by atoms with Crippen molar-refractivity contribution < 1.29 is 9.53 Å². The van der Waals surface area contributed by atoms with Crippen molar-refractivity contribution in [2.24, 2.45) is 0 Å². The van der Waals surface area contributed by atoms with Gasteiger partial charge in [0.2, 0.25) is 5.91 Å². The second-order valence-electron chi connectivity index (χ2n) is 5.46. The molecule has 2 aromatic heterocycles. The minimum atomic E-state index is -0.311. The maximum atomic E-state index is 12.3. The van der Waals surface area contributed by atoms with Crippen molar-refractivity contribution >= 4 is 18.1 Å². The summed E-state index contributed by atoms with van der Waals surface area (Å²) in [6, 6.07) is 12.2. The molecule has 0 radical (unpaired) electrons. The molecule has 0 unspecified atom stereocenters. The van der Waals surface area contributed by atoms with Gasteiger partial charge >= 0.3 is 0 Å². The summed E-state index contributed by atoms with van der Waals surface area (Å²) in [5.74, 6) is 1.05. The number of rotatable bonds is 6. The zero-order chi connectivity index (χ0) is 18.4. The third-order valence-corrected chi connectivity index (χ3v) is 3.70. The third-order valence-electron chi connectivity index (χ3n) is 3.49. The van der Waals surface area contributed by atoms with Crippen molar-refractivity contribution in [1.29, 1.82) is 0 Å². The molecule has 0 saturated heterocycles. The number of pyridine rings is 1. The van der Waals surface area contributed by atoms with Crippen LogP contribution in [0.15, 0.2) is 59.7 Å². The topological polar surface area (TPSA) is 99.9 Å². The highest BCUT2D eigenvalue weighted by Gasteiger charge is 2.10. The molecule has 8 heteroatoms. The molecule has 132 valence electrons.